The van der Waals surface area contributed by atoms with Crippen LogP contribution in [0, 0.1) is 18.7 Å². The van der Waals surface area contributed by atoms with Crippen molar-refractivity contribution < 1.29 is 27.9 Å². The third kappa shape index (κ3) is 4.06. The second-order valence-electron chi connectivity index (χ2n) is 9.09. The smallest absolute Gasteiger partial charge is 0.341 e. The van der Waals surface area contributed by atoms with Crippen LogP contribution in [-0.2, 0) is 4.79 Å². The van der Waals surface area contributed by atoms with E-state index in [1.54, 1.807) is 23.3 Å². The molecule has 7 nitrogen and oxygen atoms in total. The van der Waals surface area contributed by atoms with Gasteiger partial charge < -0.3 is 19.9 Å². The highest BCUT2D eigenvalue weighted by molar-refractivity contribution is 5.95. The number of amides is 1. The minimum atomic E-state index is -3.47. The van der Waals surface area contributed by atoms with E-state index in [9.17, 15) is 28.3 Å². The van der Waals surface area contributed by atoms with Gasteiger partial charge >= 0.3 is 11.9 Å². The molecule has 2 fully saturated rings. The van der Waals surface area contributed by atoms with Crippen molar-refractivity contribution in [2.45, 2.75) is 58.0 Å². The molecule has 1 amide bonds. The summed E-state index contributed by atoms with van der Waals surface area (Å²) in [6.07, 6.45) is 3.48. The van der Waals surface area contributed by atoms with Gasteiger partial charge in [-0.2, -0.15) is 8.78 Å². The number of carbonyl (C=O) groups is 2. The van der Waals surface area contributed by atoms with Gasteiger partial charge in [0.05, 0.1) is 11.2 Å². The average Bonchev–Trinajstić information content (AvgIpc) is 3.52. The van der Waals surface area contributed by atoms with E-state index in [0.29, 0.717) is 43.2 Å². The number of halogens is 3. The Balaban J connectivity index is 1.67. The Kier molecular flexibility index (Phi) is 5.66. The topological polar surface area (TPSA) is 91.6 Å². The molecule has 1 unspecified atom stereocenters. The van der Waals surface area contributed by atoms with E-state index in [2.05, 4.69) is 5.32 Å². The minimum Gasteiger partial charge on any atom is -0.477 e. The summed E-state index contributed by atoms with van der Waals surface area (Å²) in [5, 5.41) is 11.8. The Morgan fingerprint density at radius 1 is 1.30 bits per heavy atom. The van der Waals surface area contributed by atoms with Gasteiger partial charge in [0.2, 0.25) is 5.43 Å². The predicted molar refractivity (Wildman–Crippen MR) is 117 cm³/mol. The number of carbonyl (C=O) groups excluding carboxylic acids is 1. The molecule has 2 heterocycles. The van der Waals surface area contributed by atoms with Crippen LogP contribution in [0.1, 0.15) is 55.1 Å². The van der Waals surface area contributed by atoms with Crippen LogP contribution in [0.15, 0.2) is 17.1 Å². The van der Waals surface area contributed by atoms with Crippen molar-refractivity contribution in [2.24, 2.45) is 5.92 Å². The number of aromatic nitrogens is 1. The first-order chi connectivity index (χ1) is 15.4. The number of alkyl halides is 2. The highest BCUT2D eigenvalue weighted by Gasteiger charge is 2.40. The largest absolute Gasteiger partial charge is 0.477 e. The number of hydrogen-bond donors (Lipinski definition) is 2. The zero-order valence-corrected chi connectivity index (χ0v) is 18.6. The number of fused-ring (bicyclic) bond motifs is 1. The zero-order valence-electron chi connectivity index (χ0n) is 18.6. The maximum atomic E-state index is 15.2. The third-order valence-corrected chi connectivity index (χ3v) is 6.60. The first-order valence-corrected chi connectivity index (χ1v) is 11.0. The van der Waals surface area contributed by atoms with Crippen molar-refractivity contribution in [2.75, 3.05) is 18.0 Å². The van der Waals surface area contributed by atoms with Gasteiger partial charge in [0.15, 0.2) is 0 Å². The monoisotopic (exact) mass is 465 g/mol. The van der Waals surface area contributed by atoms with Crippen LogP contribution in [0.2, 0.25) is 0 Å². The Bertz CT molecular complexity index is 1190. The van der Waals surface area contributed by atoms with Gasteiger partial charge in [-0.05, 0) is 37.8 Å². The first-order valence-electron chi connectivity index (χ1n) is 11.0. The van der Waals surface area contributed by atoms with Crippen LogP contribution in [0.25, 0.3) is 10.9 Å². The zero-order chi connectivity index (χ0) is 24.2. The van der Waals surface area contributed by atoms with Gasteiger partial charge in [-0.25, -0.2) is 9.18 Å². The third-order valence-electron chi connectivity index (χ3n) is 6.60. The molecule has 178 valence electrons. The van der Waals surface area contributed by atoms with Crippen molar-refractivity contribution in [3.05, 3.63) is 39.4 Å². The number of hydrogen-bond acceptors (Lipinski definition) is 4. The molecule has 1 atom stereocenters. The van der Waals surface area contributed by atoms with Gasteiger partial charge in [0, 0.05) is 49.6 Å². The quantitative estimate of drug-likeness (QED) is 0.654. The summed E-state index contributed by atoms with van der Waals surface area (Å²) in [5.74, 6) is -6.93. The van der Waals surface area contributed by atoms with Crippen molar-refractivity contribution in [3.8, 4) is 0 Å². The number of benzene rings is 1. The molecule has 0 spiro atoms. The molecule has 1 aromatic carbocycles. The predicted octanol–water partition coefficient (Wildman–Crippen LogP) is 3.47. The normalized spacial score (nSPS) is 17.7. The average molecular weight is 465 g/mol. The van der Waals surface area contributed by atoms with Crippen LogP contribution < -0.4 is 15.6 Å². The van der Waals surface area contributed by atoms with E-state index >= 15 is 4.39 Å². The molecule has 2 N–H and O–H groups in total. The summed E-state index contributed by atoms with van der Waals surface area (Å²) >= 11 is 0. The summed E-state index contributed by atoms with van der Waals surface area (Å²) in [4.78, 5) is 37.7. The standard InChI is InChI=1S/C23H26F3N3O4/c1-4-17(27-22(33)23(3,25)26)12-8-28(9-12)19-11(2)18-14(7-16(19)24)20(30)15(21(31)32)10-29(18)13-5-6-13/h7,10,12-13,17H,4-6,8-9H2,1-3H3,(H,27,33)(H,31,32). The van der Waals surface area contributed by atoms with Crippen molar-refractivity contribution >= 4 is 28.5 Å². The summed E-state index contributed by atoms with van der Waals surface area (Å²) in [7, 11) is 0. The van der Waals surface area contributed by atoms with Crippen LogP contribution >= 0.6 is 0 Å². The first kappa shape index (κ1) is 23.1. The van der Waals surface area contributed by atoms with Gasteiger partial charge in [0.1, 0.15) is 11.4 Å². The Morgan fingerprint density at radius 2 is 1.94 bits per heavy atom. The molecule has 2 aromatic rings. The van der Waals surface area contributed by atoms with Crippen LogP contribution in [-0.4, -0.2) is 46.6 Å². The maximum Gasteiger partial charge on any atom is 0.341 e. The Hall–Kier alpha value is -3.04. The molecule has 0 bridgehead atoms. The van der Waals surface area contributed by atoms with E-state index in [1.807, 2.05) is 0 Å². The second kappa shape index (κ2) is 8.07. The van der Waals surface area contributed by atoms with Gasteiger partial charge in [-0.15, -0.1) is 0 Å². The number of aryl methyl sites for hydroxylation is 1. The van der Waals surface area contributed by atoms with E-state index in [0.717, 1.165) is 18.9 Å². The summed E-state index contributed by atoms with van der Waals surface area (Å²) in [5.41, 5.74) is 0.232. The minimum absolute atomic E-state index is 0.0292. The molecule has 4 rings (SSSR count). The maximum absolute atomic E-state index is 15.2. The van der Waals surface area contributed by atoms with Crippen molar-refractivity contribution in [3.63, 3.8) is 0 Å². The number of carboxylic acids is 1. The lowest BCUT2D eigenvalue weighted by Gasteiger charge is -2.45. The number of aromatic carboxylic acids is 1. The highest BCUT2D eigenvalue weighted by Crippen LogP contribution is 2.41. The Labute approximate surface area is 188 Å². The number of rotatable bonds is 7. The van der Waals surface area contributed by atoms with E-state index in [-0.39, 0.29) is 22.9 Å². The van der Waals surface area contributed by atoms with Crippen LogP contribution in [0.4, 0.5) is 18.9 Å². The molecule has 2 aliphatic rings. The van der Waals surface area contributed by atoms with Gasteiger partial charge in [0.25, 0.3) is 5.91 Å². The van der Waals surface area contributed by atoms with Crippen molar-refractivity contribution in [1.82, 2.24) is 9.88 Å². The molecular formula is C23H26F3N3O4. The summed E-state index contributed by atoms with van der Waals surface area (Å²) < 4.78 is 43.5. The fraction of sp³-hybridized carbons (Fsp3) is 0.522. The fourth-order valence-electron chi connectivity index (χ4n) is 4.65. The lowest BCUT2D eigenvalue weighted by Crippen LogP contribution is -2.58. The van der Waals surface area contributed by atoms with E-state index < -0.39 is 35.1 Å². The van der Waals surface area contributed by atoms with Gasteiger partial charge in [-0.3, -0.25) is 9.59 Å². The molecule has 1 aliphatic carbocycles. The van der Waals surface area contributed by atoms with Crippen molar-refractivity contribution in [1.29, 1.82) is 0 Å². The van der Waals surface area contributed by atoms with Crippen LogP contribution in [0.5, 0.6) is 0 Å². The Morgan fingerprint density at radius 3 is 2.45 bits per heavy atom. The van der Waals surface area contributed by atoms with E-state index in [1.165, 1.54) is 6.20 Å². The number of nitrogens with one attached hydrogen (secondary N) is 1. The van der Waals surface area contributed by atoms with E-state index in [4.69, 9.17) is 0 Å². The lowest BCUT2D eigenvalue weighted by molar-refractivity contribution is -0.144. The summed E-state index contributed by atoms with van der Waals surface area (Å²) in [6, 6.07) is 0.684. The molecule has 10 heteroatoms. The molecule has 1 aromatic heterocycles. The molecule has 33 heavy (non-hydrogen) atoms. The number of carboxylic acid groups (broad SMARTS) is 1. The fourth-order valence-corrected chi connectivity index (χ4v) is 4.65. The molecular weight excluding hydrogens is 439 g/mol. The molecule has 0 radical (unpaired) electrons. The number of nitrogens with zero attached hydrogens (tertiary/aromatic N) is 2. The highest BCUT2D eigenvalue weighted by atomic mass is 19.3. The van der Waals surface area contributed by atoms with Crippen LogP contribution in [0.3, 0.4) is 0 Å². The van der Waals surface area contributed by atoms with Gasteiger partial charge in [-0.1, -0.05) is 6.92 Å². The molecule has 1 saturated heterocycles. The number of pyridine rings is 1. The number of anilines is 1. The molecule has 1 saturated carbocycles. The summed E-state index contributed by atoms with van der Waals surface area (Å²) in [6.45, 7) is 4.75. The SMILES string of the molecule is CCC(NC(=O)C(C)(F)F)C1CN(c2c(F)cc3c(=O)c(C(=O)O)cn(C4CC4)c3c2C)C1. The molecule has 1 aliphatic heterocycles. The lowest BCUT2D eigenvalue weighted by atomic mass is 9.88. The second-order valence-corrected chi connectivity index (χ2v) is 9.09.